The van der Waals surface area contributed by atoms with Crippen molar-refractivity contribution < 1.29 is 0 Å². The van der Waals surface area contributed by atoms with Crippen LogP contribution in [0.3, 0.4) is 0 Å². The van der Waals surface area contributed by atoms with Crippen molar-refractivity contribution in [3.8, 4) is 0 Å². The predicted molar refractivity (Wildman–Crippen MR) is 55.0 cm³/mol. The first-order chi connectivity index (χ1) is 5.07. The third-order valence-electron chi connectivity index (χ3n) is 1.36. The van der Waals surface area contributed by atoms with E-state index < -0.39 is 0 Å². The van der Waals surface area contributed by atoms with Crippen molar-refractivity contribution in [1.82, 2.24) is 0 Å². The fourth-order valence-corrected chi connectivity index (χ4v) is 2.42. The quantitative estimate of drug-likeness (QED) is 0.495. The zero-order valence-corrected chi connectivity index (χ0v) is 9.04. The Balaban J connectivity index is 3.62. The molecule has 0 spiro atoms. The number of hydrogen-bond acceptors (Lipinski definition) is 4. The molecule has 2 nitrogen and oxygen atoms in total. The van der Waals surface area contributed by atoms with Gasteiger partial charge >= 0.3 is 0 Å². The lowest BCUT2D eigenvalue weighted by molar-refractivity contribution is 0.915. The average molecular weight is 193 g/mol. The van der Waals surface area contributed by atoms with Crippen molar-refractivity contribution in [3.05, 3.63) is 4.91 Å². The van der Waals surface area contributed by atoms with Gasteiger partial charge in [0, 0.05) is 27.0 Å². The van der Waals surface area contributed by atoms with Crippen LogP contribution in [0.5, 0.6) is 0 Å². The molecule has 0 saturated carbocycles. The van der Waals surface area contributed by atoms with E-state index in [9.17, 15) is 4.91 Å². The fourth-order valence-electron chi connectivity index (χ4n) is 0.694. The molecule has 4 heteroatoms. The van der Waals surface area contributed by atoms with Crippen LogP contribution in [0.1, 0.15) is 27.7 Å². The second kappa shape index (κ2) is 5.89. The summed E-state index contributed by atoms with van der Waals surface area (Å²) >= 11 is 3.01. The summed E-state index contributed by atoms with van der Waals surface area (Å²) in [6.07, 6.45) is 0. The molecule has 0 aliphatic carbocycles. The van der Waals surface area contributed by atoms with E-state index in [1.165, 1.54) is 0 Å². The molecule has 0 bridgehead atoms. The standard InChI is InChI=1S/C7H15NOS2/c1-5(2)10-6(3)7(4)11-8-9/h5-7H,1-4H3. The van der Waals surface area contributed by atoms with Crippen LogP contribution in [-0.2, 0) is 0 Å². The first-order valence-corrected chi connectivity index (χ1v) is 5.49. The van der Waals surface area contributed by atoms with Crippen LogP contribution in [0.2, 0.25) is 0 Å². The Hall–Kier alpha value is 0.300. The molecule has 11 heavy (non-hydrogen) atoms. The van der Waals surface area contributed by atoms with Gasteiger partial charge in [-0.2, -0.15) is 11.8 Å². The summed E-state index contributed by atoms with van der Waals surface area (Å²) in [5.41, 5.74) is 0. The molecule has 0 amide bonds. The van der Waals surface area contributed by atoms with Crippen LogP contribution >= 0.6 is 23.7 Å². The minimum absolute atomic E-state index is 0.319. The zero-order chi connectivity index (χ0) is 8.85. The molecule has 66 valence electrons. The summed E-state index contributed by atoms with van der Waals surface area (Å²) in [6.45, 7) is 8.49. The minimum Gasteiger partial charge on any atom is -0.155 e. The van der Waals surface area contributed by atoms with Crippen molar-refractivity contribution in [3.63, 3.8) is 0 Å². The Morgan fingerprint density at radius 1 is 1.09 bits per heavy atom. The number of hydrogen-bond donors (Lipinski definition) is 0. The van der Waals surface area contributed by atoms with Gasteiger partial charge in [-0.25, -0.2) is 0 Å². The molecule has 0 aromatic heterocycles. The molecule has 2 unspecified atom stereocenters. The molecule has 0 fully saturated rings. The highest BCUT2D eigenvalue weighted by Gasteiger charge is 2.14. The van der Waals surface area contributed by atoms with E-state index in [0.717, 1.165) is 11.9 Å². The summed E-state index contributed by atoms with van der Waals surface area (Å²) in [7, 11) is 0. The van der Waals surface area contributed by atoms with Gasteiger partial charge in [0.05, 0.1) is 0 Å². The lowest BCUT2D eigenvalue weighted by Crippen LogP contribution is -2.13. The second-order valence-electron chi connectivity index (χ2n) is 2.78. The van der Waals surface area contributed by atoms with Crippen molar-refractivity contribution in [2.45, 2.75) is 43.4 Å². The van der Waals surface area contributed by atoms with Gasteiger partial charge in [-0.15, -0.1) is 4.91 Å². The maximum absolute atomic E-state index is 9.91. The Bertz CT molecular complexity index is 119. The van der Waals surface area contributed by atoms with E-state index in [0.29, 0.717) is 15.7 Å². The van der Waals surface area contributed by atoms with Gasteiger partial charge in [0.1, 0.15) is 0 Å². The van der Waals surface area contributed by atoms with Gasteiger partial charge in [0.15, 0.2) is 0 Å². The fraction of sp³-hybridized carbons (Fsp3) is 1.00. The molecule has 0 aromatic carbocycles. The molecule has 0 aliphatic heterocycles. The van der Waals surface area contributed by atoms with E-state index in [4.69, 9.17) is 0 Å². The molecule has 0 rings (SSSR count). The average Bonchev–Trinajstić information content (AvgIpc) is 1.86. The summed E-state index contributed by atoms with van der Waals surface area (Å²) in [5, 5.41) is 1.44. The first-order valence-electron chi connectivity index (χ1n) is 3.71. The highest BCUT2D eigenvalue weighted by atomic mass is 32.2. The van der Waals surface area contributed by atoms with Crippen LogP contribution in [0.25, 0.3) is 0 Å². The molecule has 0 heterocycles. The van der Waals surface area contributed by atoms with Crippen LogP contribution in [0.4, 0.5) is 0 Å². The maximum Gasteiger partial charge on any atom is 0.0388 e. The van der Waals surface area contributed by atoms with E-state index in [1.54, 1.807) is 0 Å². The lowest BCUT2D eigenvalue weighted by atomic mass is 10.4. The van der Waals surface area contributed by atoms with Crippen molar-refractivity contribution in [2.24, 2.45) is 4.58 Å². The van der Waals surface area contributed by atoms with E-state index in [1.807, 2.05) is 18.7 Å². The molecule has 0 radical (unpaired) electrons. The van der Waals surface area contributed by atoms with Gasteiger partial charge in [0.2, 0.25) is 0 Å². The maximum atomic E-state index is 9.91. The SMILES string of the molecule is CC(C)SC(C)C(C)SN=O. The summed E-state index contributed by atoms with van der Waals surface area (Å²) in [4.78, 5) is 9.91. The smallest absolute Gasteiger partial charge is 0.0388 e. The Morgan fingerprint density at radius 2 is 1.64 bits per heavy atom. The van der Waals surface area contributed by atoms with Crippen molar-refractivity contribution in [1.29, 1.82) is 0 Å². The second-order valence-corrected chi connectivity index (χ2v) is 5.84. The van der Waals surface area contributed by atoms with Crippen molar-refractivity contribution in [2.75, 3.05) is 0 Å². The largest absolute Gasteiger partial charge is 0.155 e. The molecule has 0 saturated heterocycles. The van der Waals surface area contributed by atoms with Gasteiger partial charge in [0.25, 0.3) is 0 Å². The zero-order valence-electron chi connectivity index (χ0n) is 7.40. The third kappa shape index (κ3) is 5.56. The Kier molecular flexibility index (Phi) is 6.05. The summed E-state index contributed by atoms with van der Waals surface area (Å²) < 4.78 is 2.82. The third-order valence-corrected chi connectivity index (χ3v) is 3.74. The van der Waals surface area contributed by atoms with Crippen molar-refractivity contribution >= 4 is 23.7 Å². The molecular weight excluding hydrogens is 178 g/mol. The normalized spacial score (nSPS) is 16.5. The van der Waals surface area contributed by atoms with E-state index >= 15 is 0 Å². The first kappa shape index (κ1) is 11.3. The number of thioether (sulfide) groups is 1. The van der Waals surface area contributed by atoms with Crippen LogP contribution in [0, 0.1) is 4.91 Å². The van der Waals surface area contributed by atoms with E-state index in [2.05, 4.69) is 25.4 Å². The molecule has 0 N–H and O–H groups in total. The highest BCUT2D eigenvalue weighted by molar-refractivity contribution is 8.03. The van der Waals surface area contributed by atoms with Gasteiger partial charge < -0.3 is 0 Å². The number of nitroso groups, excluding NO2 is 1. The van der Waals surface area contributed by atoms with Gasteiger partial charge in [-0.3, -0.25) is 0 Å². The summed E-state index contributed by atoms with van der Waals surface area (Å²) in [6, 6.07) is 0. The topological polar surface area (TPSA) is 29.4 Å². The highest BCUT2D eigenvalue weighted by Crippen LogP contribution is 2.27. The minimum atomic E-state index is 0.319. The van der Waals surface area contributed by atoms with Gasteiger partial charge in [-0.1, -0.05) is 27.7 Å². The Labute approximate surface area is 77.0 Å². The van der Waals surface area contributed by atoms with Crippen LogP contribution in [-0.4, -0.2) is 15.7 Å². The number of nitrogens with zero attached hydrogens (tertiary/aromatic N) is 1. The summed E-state index contributed by atoms with van der Waals surface area (Å²) in [5.74, 6) is 0. The Morgan fingerprint density at radius 3 is 2.00 bits per heavy atom. The molecule has 2 atom stereocenters. The van der Waals surface area contributed by atoms with Gasteiger partial charge in [-0.05, 0) is 5.25 Å². The van der Waals surface area contributed by atoms with Crippen LogP contribution in [0.15, 0.2) is 4.58 Å². The molecular formula is C7H15NOS2. The predicted octanol–water partition coefficient (Wildman–Crippen LogP) is 3.32. The van der Waals surface area contributed by atoms with Crippen LogP contribution < -0.4 is 0 Å². The molecule has 0 aromatic rings. The van der Waals surface area contributed by atoms with E-state index in [-0.39, 0.29) is 0 Å². The number of rotatable bonds is 5. The molecule has 0 aliphatic rings. The monoisotopic (exact) mass is 193 g/mol. The lowest BCUT2D eigenvalue weighted by Gasteiger charge is -2.17.